The summed E-state index contributed by atoms with van der Waals surface area (Å²) in [5.74, 6) is 0. The monoisotopic (exact) mass is 445 g/mol. The van der Waals surface area contributed by atoms with Crippen molar-refractivity contribution in [1.82, 2.24) is 4.31 Å². The lowest BCUT2D eigenvalue weighted by Gasteiger charge is -2.38. The third kappa shape index (κ3) is 4.75. The number of piperazine rings is 2. The summed E-state index contributed by atoms with van der Waals surface area (Å²) < 4.78 is 25.0. The molecular formula is C21H27N5O4S. The smallest absolute Gasteiger partial charge is 0.292 e. The zero-order valence-corrected chi connectivity index (χ0v) is 18.4. The molecule has 0 radical (unpaired) electrons. The van der Waals surface area contributed by atoms with Crippen molar-refractivity contribution in [3.05, 3.63) is 58.6 Å². The molecule has 2 heterocycles. The van der Waals surface area contributed by atoms with Gasteiger partial charge >= 0.3 is 0 Å². The van der Waals surface area contributed by atoms with Crippen LogP contribution >= 0.6 is 0 Å². The van der Waals surface area contributed by atoms with E-state index < -0.39 is 10.0 Å². The minimum absolute atomic E-state index is 0.103. The van der Waals surface area contributed by atoms with Crippen LogP contribution in [-0.2, 0) is 10.0 Å². The van der Waals surface area contributed by atoms with Crippen LogP contribution in [0.2, 0.25) is 0 Å². The maximum atomic E-state index is 11.8. The highest BCUT2D eigenvalue weighted by atomic mass is 32.2. The first-order chi connectivity index (χ1) is 14.8. The van der Waals surface area contributed by atoms with E-state index in [0.717, 1.165) is 24.5 Å². The molecule has 2 fully saturated rings. The van der Waals surface area contributed by atoms with Gasteiger partial charge in [0.15, 0.2) is 0 Å². The molecule has 0 amide bonds. The van der Waals surface area contributed by atoms with E-state index in [1.807, 2.05) is 24.3 Å². The van der Waals surface area contributed by atoms with Gasteiger partial charge in [-0.1, -0.05) is 18.2 Å². The van der Waals surface area contributed by atoms with E-state index in [4.69, 9.17) is 0 Å². The zero-order chi connectivity index (χ0) is 22.0. The SMILES string of the molecule is CS(=O)(=O)N1CCN(c2ccc([N+](=O)[O-])c(N3CCN(c4ccccc4)CC3)c2)CC1. The lowest BCUT2D eigenvalue weighted by Crippen LogP contribution is -2.48. The summed E-state index contributed by atoms with van der Waals surface area (Å²) in [5.41, 5.74) is 2.78. The third-order valence-corrected chi connectivity index (χ3v) is 7.27. The van der Waals surface area contributed by atoms with Crippen LogP contribution in [0.1, 0.15) is 0 Å². The molecule has 0 aromatic heterocycles. The Kier molecular flexibility index (Phi) is 6.01. The zero-order valence-electron chi connectivity index (χ0n) is 17.6. The molecule has 2 aromatic rings. The average molecular weight is 446 g/mol. The highest BCUT2D eigenvalue weighted by molar-refractivity contribution is 7.88. The number of benzene rings is 2. The molecule has 0 bridgehead atoms. The Labute approximate surface area is 182 Å². The predicted octanol–water partition coefficient (Wildman–Crippen LogP) is 2.00. The number of hydrogen-bond donors (Lipinski definition) is 0. The first-order valence-electron chi connectivity index (χ1n) is 10.4. The number of nitro benzene ring substituents is 1. The van der Waals surface area contributed by atoms with Crippen molar-refractivity contribution in [3.63, 3.8) is 0 Å². The van der Waals surface area contributed by atoms with Crippen molar-refractivity contribution in [2.45, 2.75) is 0 Å². The topological polar surface area (TPSA) is 90.2 Å². The Bertz CT molecular complexity index is 1030. The fourth-order valence-corrected chi connectivity index (χ4v) is 5.07. The number of nitro groups is 1. The van der Waals surface area contributed by atoms with E-state index in [1.165, 1.54) is 10.6 Å². The molecule has 9 nitrogen and oxygen atoms in total. The van der Waals surface area contributed by atoms with Gasteiger partial charge < -0.3 is 14.7 Å². The minimum atomic E-state index is -3.20. The van der Waals surface area contributed by atoms with Crippen LogP contribution in [0.5, 0.6) is 0 Å². The van der Waals surface area contributed by atoms with Crippen molar-refractivity contribution >= 4 is 32.8 Å². The second kappa shape index (κ2) is 8.72. The predicted molar refractivity (Wildman–Crippen MR) is 123 cm³/mol. The summed E-state index contributed by atoms with van der Waals surface area (Å²) in [6, 6.07) is 15.4. The van der Waals surface area contributed by atoms with Crippen molar-refractivity contribution in [1.29, 1.82) is 0 Å². The van der Waals surface area contributed by atoms with Crippen molar-refractivity contribution in [2.75, 3.05) is 73.3 Å². The summed E-state index contributed by atoms with van der Waals surface area (Å²) in [6.07, 6.45) is 1.22. The third-order valence-electron chi connectivity index (χ3n) is 5.97. The number of hydrogen-bond acceptors (Lipinski definition) is 7. The molecular weight excluding hydrogens is 418 g/mol. The molecule has 0 saturated carbocycles. The van der Waals surface area contributed by atoms with E-state index in [1.54, 1.807) is 12.1 Å². The molecule has 166 valence electrons. The largest absolute Gasteiger partial charge is 0.369 e. The van der Waals surface area contributed by atoms with Crippen LogP contribution in [0.4, 0.5) is 22.7 Å². The fourth-order valence-electron chi connectivity index (χ4n) is 4.24. The quantitative estimate of drug-likeness (QED) is 0.514. The molecule has 0 unspecified atom stereocenters. The minimum Gasteiger partial charge on any atom is -0.369 e. The average Bonchev–Trinajstić information content (AvgIpc) is 2.79. The fraction of sp³-hybridized carbons (Fsp3) is 0.429. The number of anilines is 3. The Morgan fingerprint density at radius 2 is 1.32 bits per heavy atom. The maximum absolute atomic E-state index is 11.8. The number of rotatable bonds is 5. The highest BCUT2D eigenvalue weighted by Gasteiger charge is 2.27. The second-order valence-corrected chi connectivity index (χ2v) is 9.87. The van der Waals surface area contributed by atoms with Crippen LogP contribution < -0.4 is 14.7 Å². The summed E-state index contributed by atoms with van der Waals surface area (Å²) in [4.78, 5) is 17.8. The molecule has 2 aliphatic rings. The Morgan fingerprint density at radius 1 is 0.774 bits per heavy atom. The van der Waals surface area contributed by atoms with Gasteiger partial charge in [0.25, 0.3) is 5.69 Å². The summed E-state index contributed by atoms with van der Waals surface area (Å²) in [5, 5.41) is 11.7. The van der Waals surface area contributed by atoms with Gasteiger partial charge in [0, 0.05) is 69.8 Å². The van der Waals surface area contributed by atoms with Crippen LogP contribution in [0, 0.1) is 10.1 Å². The van der Waals surface area contributed by atoms with Gasteiger partial charge in [-0.05, 0) is 24.3 Å². The van der Waals surface area contributed by atoms with E-state index in [-0.39, 0.29) is 10.6 Å². The molecule has 10 heteroatoms. The first-order valence-corrected chi connectivity index (χ1v) is 12.2. The maximum Gasteiger partial charge on any atom is 0.292 e. The van der Waals surface area contributed by atoms with Crippen molar-refractivity contribution < 1.29 is 13.3 Å². The summed E-state index contributed by atoms with van der Waals surface area (Å²) in [6.45, 7) is 4.93. The van der Waals surface area contributed by atoms with Gasteiger partial charge in [-0.25, -0.2) is 8.42 Å². The van der Waals surface area contributed by atoms with Crippen LogP contribution in [0.25, 0.3) is 0 Å². The molecule has 2 saturated heterocycles. The van der Waals surface area contributed by atoms with E-state index in [0.29, 0.717) is 45.0 Å². The van der Waals surface area contributed by atoms with Gasteiger partial charge in [0.05, 0.1) is 11.2 Å². The van der Waals surface area contributed by atoms with E-state index in [9.17, 15) is 18.5 Å². The molecule has 0 spiro atoms. The molecule has 4 rings (SSSR count). The molecule has 31 heavy (non-hydrogen) atoms. The van der Waals surface area contributed by atoms with Crippen LogP contribution in [0.3, 0.4) is 0 Å². The second-order valence-electron chi connectivity index (χ2n) is 7.89. The lowest BCUT2D eigenvalue weighted by molar-refractivity contribution is -0.384. The van der Waals surface area contributed by atoms with Gasteiger partial charge in [0.2, 0.25) is 10.0 Å². The Hall–Kier alpha value is -2.85. The summed E-state index contributed by atoms with van der Waals surface area (Å²) in [7, 11) is -3.20. The van der Waals surface area contributed by atoms with Gasteiger partial charge in [-0.15, -0.1) is 0 Å². The molecule has 2 aromatic carbocycles. The van der Waals surface area contributed by atoms with Crippen LogP contribution in [0.15, 0.2) is 48.5 Å². The van der Waals surface area contributed by atoms with Crippen molar-refractivity contribution in [3.8, 4) is 0 Å². The summed E-state index contributed by atoms with van der Waals surface area (Å²) >= 11 is 0. The number of para-hydroxylation sites is 1. The number of sulfonamides is 1. The lowest BCUT2D eigenvalue weighted by atomic mass is 10.1. The number of nitrogens with zero attached hydrogens (tertiary/aromatic N) is 5. The Morgan fingerprint density at radius 3 is 1.90 bits per heavy atom. The molecule has 2 aliphatic heterocycles. The molecule has 0 aliphatic carbocycles. The highest BCUT2D eigenvalue weighted by Crippen LogP contribution is 2.34. The molecule has 0 N–H and O–H groups in total. The standard InChI is InChI=1S/C21H27N5O4S/c1-31(29,30)25-15-13-23(14-16-25)19-7-8-20(26(27)28)21(17-19)24-11-9-22(10-12-24)18-5-3-2-4-6-18/h2-8,17H,9-16H2,1H3. The van der Waals surface area contributed by atoms with Crippen LogP contribution in [-0.4, -0.2) is 76.3 Å². The van der Waals surface area contributed by atoms with Gasteiger partial charge in [-0.2, -0.15) is 4.31 Å². The van der Waals surface area contributed by atoms with E-state index >= 15 is 0 Å². The van der Waals surface area contributed by atoms with Gasteiger partial charge in [-0.3, -0.25) is 10.1 Å². The van der Waals surface area contributed by atoms with E-state index in [2.05, 4.69) is 26.8 Å². The normalized spacial score (nSPS) is 18.3. The van der Waals surface area contributed by atoms with Gasteiger partial charge in [0.1, 0.15) is 5.69 Å². The Balaban J connectivity index is 1.50. The molecule has 0 atom stereocenters. The first kappa shape index (κ1) is 21.4. The van der Waals surface area contributed by atoms with Crippen molar-refractivity contribution in [2.24, 2.45) is 0 Å².